The van der Waals surface area contributed by atoms with Gasteiger partial charge in [-0.2, -0.15) is 5.10 Å². The van der Waals surface area contributed by atoms with Gasteiger partial charge in [0.25, 0.3) is 5.91 Å². The van der Waals surface area contributed by atoms with Gasteiger partial charge in [-0.15, -0.1) is 0 Å². The van der Waals surface area contributed by atoms with Crippen LogP contribution in [0.15, 0.2) is 30.3 Å². The Kier molecular flexibility index (Phi) is 4.71. The van der Waals surface area contributed by atoms with Gasteiger partial charge in [0.1, 0.15) is 5.76 Å². The Bertz CT molecular complexity index is 948. The molecule has 0 radical (unpaired) electrons. The minimum absolute atomic E-state index is 0.160. The van der Waals surface area contributed by atoms with Crippen LogP contribution in [0.5, 0.6) is 0 Å². The molecule has 6 nitrogen and oxygen atoms in total. The Morgan fingerprint density at radius 1 is 1.29 bits per heavy atom. The summed E-state index contributed by atoms with van der Waals surface area (Å²) in [6.45, 7) is 3.88. The Morgan fingerprint density at radius 2 is 1.93 bits per heavy atom. The fourth-order valence-electron chi connectivity index (χ4n) is 4.51. The van der Waals surface area contributed by atoms with Crippen molar-refractivity contribution in [1.82, 2.24) is 15.1 Å². The average molecular weight is 402 g/mol. The summed E-state index contributed by atoms with van der Waals surface area (Å²) in [6.07, 6.45) is 6.47. The molecule has 1 aromatic carbocycles. The molecule has 2 N–H and O–H groups in total. The highest BCUT2D eigenvalue weighted by atomic mass is 35.5. The van der Waals surface area contributed by atoms with Gasteiger partial charge in [0.2, 0.25) is 0 Å². The number of benzene rings is 1. The van der Waals surface area contributed by atoms with Gasteiger partial charge in [0.05, 0.1) is 34.1 Å². The lowest BCUT2D eigenvalue weighted by Crippen LogP contribution is -2.48. The van der Waals surface area contributed by atoms with Crippen LogP contribution in [0.1, 0.15) is 42.4 Å². The third kappa shape index (κ3) is 3.01. The molecule has 0 bridgehead atoms. The normalized spacial score (nSPS) is 24.9. The van der Waals surface area contributed by atoms with Crippen LogP contribution in [-0.2, 0) is 9.53 Å². The van der Waals surface area contributed by atoms with E-state index in [0.717, 1.165) is 35.2 Å². The molecule has 0 atom stereocenters. The molecule has 1 aliphatic heterocycles. The van der Waals surface area contributed by atoms with Crippen molar-refractivity contribution in [3.05, 3.63) is 52.0 Å². The molecule has 2 aliphatic rings. The zero-order valence-electron chi connectivity index (χ0n) is 16.3. The molecule has 0 unspecified atom stereocenters. The maximum atomic E-state index is 12.9. The van der Waals surface area contributed by atoms with Crippen LogP contribution in [-0.4, -0.2) is 39.5 Å². The summed E-state index contributed by atoms with van der Waals surface area (Å²) in [7, 11) is 1.71. The van der Waals surface area contributed by atoms with E-state index in [2.05, 4.69) is 10.4 Å². The van der Waals surface area contributed by atoms with Crippen molar-refractivity contribution < 1.29 is 14.6 Å². The Morgan fingerprint density at radius 3 is 2.46 bits per heavy atom. The van der Waals surface area contributed by atoms with E-state index in [9.17, 15) is 9.90 Å². The standard InChI is InChI=1S/C21H24ClN3O3/c1-12-8-15(25-11-14(22)10-23-25)9-13(2)17(12)18-19(26)21(24-20(18)27)6-4-16(28-3)5-7-21/h8-11,16,26H,4-7H2,1-3H3,(H,24,27). The van der Waals surface area contributed by atoms with E-state index in [1.165, 1.54) is 0 Å². The van der Waals surface area contributed by atoms with Gasteiger partial charge in [0.15, 0.2) is 0 Å². The minimum Gasteiger partial charge on any atom is -0.509 e. The summed E-state index contributed by atoms with van der Waals surface area (Å²) in [6, 6.07) is 3.90. The number of carbonyl (C=O) groups excluding carboxylic acids is 1. The number of methoxy groups -OCH3 is 1. The second-order valence-corrected chi connectivity index (χ2v) is 8.19. The minimum atomic E-state index is -0.672. The smallest absolute Gasteiger partial charge is 0.256 e. The van der Waals surface area contributed by atoms with E-state index in [1.54, 1.807) is 24.2 Å². The molecule has 1 aliphatic carbocycles. The summed E-state index contributed by atoms with van der Waals surface area (Å²) in [4.78, 5) is 12.9. The van der Waals surface area contributed by atoms with Crippen molar-refractivity contribution in [3.63, 3.8) is 0 Å². The molecule has 1 aromatic heterocycles. The van der Waals surface area contributed by atoms with Crippen molar-refractivity contribution in [2.45, 2.75) is 51.2 Å². The summed E-state index contributed by atoms with van der Waals surface area (Å²) in [5, 5.41) is 19.0. The highest BCUT2D eigenvalue weighted by Crippen LogP contribution is 2.43. The molecule has 1 saturated carbocycles. The second-order valence-electron chi connectivity index (χ2n) is 7.75. The molecule has 1 amide bonds. The van der Waals surface area contributed by atoms with E-state index >= 15 is 0 Å². The first kappa shape index (κ1) is 19.0. The molecule has 0 saturated heterocycles. The average Bonchev–Trinajstić information content (AvgIpc) is 3.19. The largest absolute Gasteiger partial charge is 0.509 e. The lowest BCUT2D eigenvalue weighted by Gasteiger charge is -2.36. The van der Waals surface area contributed by atoms with Gasteiger partial charge < -0.3 is 15.2 Å². The van der Waals surface area contributed by atoms with E-state index < -0.39 is 5.54 Å². The topological polar surface area (TPSA) is 76.4 Å². The molecule has 7 heteroatoms. The number of nitrogens with zero attached hydrogens (tertiary/aromatic N) is 2. The zero-order valence-corrected chi connectivity index (χ0v) is 17.0. The van der Waals surface area contributed by atoms with E-state index in [0.29, 0.717) is 23.4 Å². The molecular formula is C21H24ClN3O3. The number of aromatic nitrogens is 2. The molecular weight excluding hydrogens is 378 g/mol. The van der Waals surface area contributed by atoms with Crippen LogP contribution in [0.2, 0.25) is 5.02 Å². The highest BCUT2D eigenvalue weighted by molar-refractivity contribution is 6.30. The first-order chi connectivity index (χ1) is 13.3. The van der Waals surface area contributed by atoms with Crippen LogP contribution in [0.3, 0.4) is 0 Å². The van der Waals surface area contributed by atoms with Crippen LogP contribution in [0.25, 0.3) is 11.3 Å². The molecule has 148 valence electrons. The van der Waals surface area contributed by atoms with Crippen molar-refractivity contribution >= 4 is 23.1 Å². The van der Waals surface area contributed by atoms with Gasteiger partial charge in [-0.25, -0.2) is 4.68 Å². The summed E-state index contributed by atoms with van der Waals surface area (Å²) >= 11 is 5.98. The molecule has 28 heavy (non-hydrogen) atoms. The van der Waals surface area contributed by atoms with Gasteiger partial charge in [-0.3, -0.25) is 4.79 Å². The Hall–Kier alpha value is -2.31. The van der Waals surface area contributed by atoms with Gasteiger partial charge in [-0.1, -0.05) is 11.6 Å². The maximum absolute atomic E-state index is 12.9. The molecule has 1 spiro atoms. The third-order valence-corrected chi connectivity index (χ3v) is 6.17. The summed E-state index contributed by atoms with van der Waals surface area (Å²) in [5.41, 5.74) is 3.16. The highest BCUT2D eigenvalue weighted by Gasteiger charge is 2.48. The number of ether oxygens (including phenoxy) is 1. The van der Waals surface area contributed by atoms with Gasteiger partial charge in [0, 0.05) is 13.3 Å². The summed E-state index contributed by atoms with van der Waals surface area (Å²) in [5.74, 6) is -0.0532. The van der Waals surface area contributed by atoms with Crippen LogP contribution >= 0.6 is 11.6 Å². The lowest BCUT2D eigenvalue weighted by atomic mass is 9.79. The molecule has 4 rings (SSSR count). The number of hydrogen-bond donors (Lipinski definition) is 2. The molecule has 2 aromatic rings. The number of carbonyl (C=O) groups is 1. The first-order valence-corrected chi connectivity index (χ1v) is 9.83. The quantitative estimate of drug-likeness (QED) is 0.818. The molecule has 2 heterocycles. The monoisotopic (exact) mass is 401 g/mol. The maximum Gasteiger partial charge on any atom is 0.256 e. The number of rotatable bonds is 3. The van der Waals surface area contributed by atoms with Crippen molar-refractivity contribution in [2.75, 3.05) is 7.11 Å². The van der Waals surface area contributed by atoms with Crippen LogP contribution in [0.4, 0.5) is 0 Å². The number of aliphatic hydroxyl groups is 1. The number of aryl methyl sites for hydroxylation is 2. The van der Waals surface area contributed by atoms with Crippen molar-refractivity contribution in [1.29, 1.82) is 0 Å². The zero-order chi connectivity index (χ0) is 20.1. The first-order valence-electron chi connectivity index (χ1n) is 9.46. The lowest BCUT2D eigenvalue weighted by molar-refractivity contribution is -0.116. The van der Waals surface area contributed by atoms with Crippen molar-refractivity contribution in [2.24, 2.45) is 0 Å². The Labute approximate surface area is 169 Å². The second kappa shape index (κ2) is 6.94. The predicted molar refractivity (Wildman–Crippen MR) is 108 cm³/mol. The summed E-state index contributed by atoms with van der Waals surface area (Å²) < 4.78 is 7.13. The predicted octanol–water partition coefficient (Wildman–Crippen LogP) is 3.87. The van der Waals surface area contributed by atoms with Crippen LogP contribution < -0.4 is 5.32 Å². The molecule has 1 fully saturated rings. The Balaban J connectivity index is 1.75. The van der Waals surface area contributed by atoms with Crippen LogP contribution in [0, 0.1) is 13.8 Å². The fraction of sp³-hybridized carbons (Fsp3) is 0.429. The van der Waals surface area contributed by atoms with E-state index in [4.69, 9.17) is 16.3 Å². The van der Waals surface area contributed by atoms with Crippen molar-refractivity contribution in [3.8, 4) is 5.69 Å². The number of nitrogens with one attached hydrogen (secondary N) is 1. The van der Waals surface area contributed by atoms with E-state index in [-0.39, 0.29) is 17.8 Å². The number of hydrogen-bond acceptors (Lipinski definition) is 4. The van der Waals surface area contributed by atoms with Gasteiger partial charge >= 0.3 is 0 Å². The number of aliphatic hydroxyl groups excluding tert-OH is 1. The number of halogens is 1. The fourth-order valence-corrected chi connectivity index (χ4v) is 4.64. The SMILES string of the molecule is COC1CCC2(CC1)NC(=O)C(c1c(C)cc(-n3cc(Cl)cn3)cc1C)=C2O. The van der Waals surface area contributed by atoms with Gasteiger partial charge in [-0.05, 0) is 68.4 Å². The number of amides is 1. The third-order valence-electron chi connectivity index (χ3n) is 5.97. The van der Waals surface area contributed by atoms with E-state index in [1.807, 2.05) is 26.0 Å².